The molecule has 1 N–H and O–H groups in total. The third-order valence-corrected chi connectivity index (χ3v) is 3.73. The number of esters is 2. The van der Waals surface area contributed by atoms with Crippen LogP contribution in [0.4, 0.5) is 4.79 Å². The third-order valence-electron chi connectivity index (χ3n) is 3.73. The van der Waals surface area contributed by atoms with Gasteiger partial charge >= 0.3 is 18.0 Å². The van der Waals surface area contributed by atoms with Gasteiger partial charge in [0.1, 0.15) is 6.61 Å². The molecule has 0 saturated carbocycles. The largest absolute Gasteiger partial charge is 0.466 e. The number of hydrogen-bond donors (Lipinski definition) is 1. The Labute approximate surface area is 147 Å². The lowest BCUT2D eigenvalue weighted by Crippen LogP contribution is -2.53. The number of methoxy groups -OCH3 is 1. The Balaban J connectivity index is 2.91. The van der Waals surface area contributed by atoms with Crippen LogP contribution in [-0.2, 0) is 30.2 Å². The molecule has 1 unspecified atom stereocenters. The minimum Gasteiger partial charge on any atom is -0.466 e. The van der Waals surface area contributed by atoms with Crippen molar-refractivity contribution in [1.29, 1.82) is 0 Å². The van der Waals surface area contributed by atoms with Crippen LogP contribution in [0.2, 0.25) is 0 Å². The van der Waals surface area contributed by atoms with Gasteiger partial charge in [0, 0.05) is 20.3 Å². The van der Waals surface area contributed by atoms with Crippen LogP contribution in [0.25, 0.3) is 0 Å². The highest BCUT2D eigenvalue weighted by molar-refractivity contribution is 5.69. The molecule has 0 aliphatic rings. The maximum atomic E-state index is 11.8. The quantitative estimate of drug-likeness (QED) is 0.542. The number of aryl methyl sites for hydroxylation is 1. The molecule has 7 heteroatoms. The van der Waals surface area contributed by atoms with Crippen LogP contribution in [0.1, 0.15) is 32.3 Å². The average Bonchev–Trinajstić information content (AvgIpc) is 2.58. The highest BCUT2D eigenvalue weighted by Gasteiger charge is 2.34. The first kappa shape index (κ1) is 20.5. The second kappa shape index (κ2) is 10.3. The van der Waals surface area contributed by atoms with Crippen molar-refractivity contribution in [2.75, 3.05) is 20.3 Å². The fraction of sp³-hybridized carbons (Fsp3) is 0.500. The normalized spacial score (nSPS) is 12.6. The zero-order chi connectivity index (χ0) is 18.7. The number of rotatable bonds is 9. The Morgan fingerprint density at radius 2 is 1.64 bits per heavy atom. The van der Waals surface area contributed by atoms with Crippen molar-refractivity contribution in [2.24, 2.45) is 0 Å². The fourth-order valence-corrected chi connectivity index (χ4v) is 2.36. The number of hydrogen-bond acceptors (Lipinski definition) is 6. The fourth-order valence-electron chi connectivity index (χ4n) is 2.36. The first-order chi connectivity index (χ1) is 11.9. The van der Waals surface area contributed by atoms with E-state index in [2.05, 4.69) is 5.32 Å². The molecule has 0 heterocycles. The summed E-state index contributed by atoms with van der Waals surface area (Å²) in [6, 6.07) is 9.72. The van der Waals surface area contributed by atoms with Crippen molar-refractivity contribution in [2.45, 2.75) is 38.6 Å². The summed E-state index contributed by atoms with van der Waals surface area (Å²) in [5.41, 5.74) is 0.179. The van der Waals surface area contributed by atoms with Crippen molar-refractivity contribution >= 4 is 18.0 Å². The molecule has 1 rings (SSSR count). The highest BCUT2D eigenvalue weighted by atomic mass is 16.5. The Bertz CT molecular complexity index is 574. The SMILES string of the molecule is COC(=O)NC(CCOC(C)=O)(CCc1ccccc1)COC(C)=O. The van der Waals surface area contributed by atoms with Gasteiger partial charge in [-0.05, 0) is 18.4 Å². The van der Waals surface area contributed by atoms with E-state index in [9.17, 15) is 14.4 Å². The Kier molecular flexibility index (Phi) is 8.46. The Morgan fingerprint density at radius 1 is 1.00 bits per heavy atom. The van der Waals surface area contributed by atoms with Gasteiger partial charge in [-0.1, -0.05) is 30.3 Å². The lowest BCUT2D eigenvalue weighted by molar-refractivity contribution is -0.146. The average molecular weight is 351 g/mol. The minimum absolute atomic E-state index is 0.0362. The minimum atomic E-state index is -0.899. The molecule has 0 aliphatic carbocycles. The van der Waals surface area contributed by atoms with Gasteiger partial charge in [-0.2, -0.15) is 0 Å². The first-order valence-electron chi connectivity index (χ1n) is 8.04. The van der Waals surface area contributed by atoms with Crippen molar-refractivity contribution in [1.82, 2.24) is 5.32 Å². The van der Waals surface area contributed by atoms with E-state index >= 15 is 0 Å². The zero-order valence-corrected chi connectivity index (χ0v) is 14.9. The van der Waals surface area contributed by atoms with Crippen LogP contribution >= 0.6 is 0 Å². The standard InChI is InChI=1S/C18H25NO6/c1-14(20)24-12-11-18(13-25-15(2)21,19-17(22)23-3)10-9-16-7-5-4-6-8-16/h4-8H,9-13H2,1-3H3,(H,19,22). The van der Waals surface area contributed by atoms with Gasteiger partial charge in [0.25, 0.3) is 0 Å². The van der Waals surface area contributed by atoms with E-state index in [4.69, 9.17) is 14.2 Å². The third kappa shape index (κ3) is 8.19. The maximum Gasteiger partial charge on any atom is 0.407 e. The zero-order valence-electron chi connectivity index (χ0n) is 14.9. The van der Waals surface area contributed by atoms with Gasteiger partial charge in [-0.25, -0.2) is 4.79 Å². The number of nitrogens with one attached hydrogen (secondary N) is 1. The maximum absolute atomic E-state index is 11.8. The summed E-state index contributed by atoms with van der Waals surface area (Å²) in [5, 5.41) is 2.75. The second-order valence-electron chi connectivity index (χ2n) is 5.75. The van der Waals surface area contributed by atoms with Gasteiger partial charge in [-0.3, -0.25) is 9.59 Å². The van der Waals surface area contributed by atoms with Gasteiger partial charge in [0.05, 0.1) is 19.3 Å². The summed E-state index contributed by atoms with van der Waals surface area (Å²) in [5.74, 6) is -0.870. The molecule has 1 aromatic carbocycles. The van der Waals surface area contributed by atoms with E-state index < -0.39 is 23.6 Å². The van der Waals surface area contributed by atoms with Crippen LogP contribution in [0.15, 0.2) is 30.3 Å². The molecule has 138 valence electrons. The summed E-state index contributed by atoms with van der Waals surface area (Å²) in [6.45, 7) is 2.67. The molecule has 0 bridgehead atoms. The van der Waals surface area contributed by atoms with Crippen molar-refractivity contribution < 1.29 is 28.6 Å². The topological polar surface area (TPSA) is 90.9 Å². The lowest BCUT2D eigenvalue weighted by Gasteiger charge is -2.33. The van der Waals surface area contributed by atoms with Gasteiger partial charge in [0.2, 0.25) is 0 Å². The molecule has 0 spiro atoms. The van der Waals surface area contributed by atoms with Crippen LogP contribution in [0, 0.1) is 0 Å². The summed E-state index contributed by atoms with van der Waals surface area (Å²) < 4.78 is 14.8. The molecular weight excluding hydrogens is 326 g/mol. The molecule has 7 nitrogen and oxygen atoms in total. The Morgan fingerprint density at radius 3 is 2.20 bits per heavy atom. The molecule has 1 atom stereocenters. The number of amides is 1. The molecule has 25 heavy (non-hydrogen) atoms. The summed E-state index contributed by atoms with van der Waals surface area (Å²) in [4.78, 5) is 34.1. The Hall–Kier alpha value is -2.57. The number of carbonyl (C=O) groups excluding carboxylic acids is 3. The van der Waals surface area contributed by atoms with Crippen molar-refractivity contribution in [3.8, 4) is 0 Å². The number of ether oxygens (including phenoxy) is 3. The number of carbonyl (C=O) groups is 3. The predicted octanol–water partition coefficient (Wildman–Crippen LogP) is 2.23. The van der Waals surface area contributed by atoms with Crippen LogP contribution in [-0.4, -0.2) is 43.9 Å². The monoisotopic (exact) mass is 351 g/mol. The summed E-state index contributed by atoms with van der Waals surface area (Å²) in [6.07, 6.45) is 0.789. The van der Waals surface area contributed by atoms with E-state index in [1.807, 2.05) is 30.3 Å². The molecule has 0 saturated heterocycles. The molecule has 0 radical (unpaired) electrons. The highest BCUT2D eigenvalue weighted by Crippen LogP contribution is 2.21. The van der Waals surface area contributed by atoms with E-state index in [0.29, 0.717) is 19.3 Å². The van der Waals surface area contributed by atoms with E-state index in [0.717, 1.165) is 5.56 Å². The van der Waals surface area contributed by atoms with Crippen LogP contribution in [0.3, 0.4) is 0 Å². The van der Waals surface area contributed by atoms with Crippen molar-refractivity contribution in [3.05, 3.63) is 35.9 Å². The van der Waals surface area contributed by atoms with Crippen LogP contribution < -0.4 is 5.32 Å². The van der Waals surface area contributed by atoms with E-state index in [1.54, 1.807) is 0 Å². The van der Waals surface area contributed by atoms with Gasteiger partial charge < -0.3 is 19.5 Å². The molecule has 0 aliphatic heterocycles. The van der Waals surface area contributed by atoms with E-state index in [-0.39, 0.29) is 13.2 Å². The van der Waals surface area contributed by atoms with E-state index in [1.165, 1.54) is 21.0 Å². The molecule has 0 aromatic heterocycles. The van der Waals surface area contributed by atoms with Gasteiger partial charge in [0.15, 0.2) is 0 Å². The predicted molar refractivity (Wildman–Crippen MR) is 90.9 cm³/mol. The second-order valence-corrected chi connectivity index (χ2v) is 5.75. The number of benzene rings is 1. The van der Waals surface area contributed by atoms with Crippen molar-refractivity contribution in [3.63, 3.8) is 0 Å². The first-order valence-corrected chi connectivity index (χ1v) is 8.04. The number of alkyl carbamates (subject to hydrolysis) is 1. The molecule has 0 fully saturated rings. The lowest BCUT2D eigenvalue weighted by atomic mass is 9.89. The summed E-state index contributed by atoms with van der Waals surface area (Å²) >= 11 is 0. The van der Waals surface area contributed by atoms with Gasteiger partial charge in [-0.15, -0.1) is 0 Å². The smallest absolute Gasteiger partial charge is 0.407 e. The molecular formula is C18H25NO6. The van der Waals surface area contributed by atoms with Crippen LogP contribution in [0.5, 0.6) is 0 Å². The molecule has 1 aromatic rings. The summed E-state index contributed by atoms with van der Waals surface area (Å²) in [7, 11) is 1.26. The molecule has 1 amide bonds.